The molecule has 34 heavy (non-hydrogen) atoms. The van der Waals surface area contributed by atoms with E-state index in [2.05, 4.69) is 10.3 Å². The Bertz CT molecular complexity index is 1580. The minimum Gasteiger partial charge on any atom is -0.353 e. The summed E-state index contributed by atoms with van der Waals surface area (Å²) in [6.07, 6.45) is 3.09. The van der Waals surface area contributed by atoms with Gasteiger partial charge in [0.15, 0.2) is 0 Å². The fourth-order valence-electron chi connectivity index (χ4n) is 3.86. The van der Waals surface area contributed by atoms with Crippen LogP contribution in [0.1, 0.15) is 11.3 Å². The maximum absolute atomic E-state index is 14.0. The van der Waals surface area contributed by atoms with Gasteiger partial charge in [0.1, 0.15) is 5.82 Å². The van der Waals surface area contributed by atoms with Gasteiger partial charge in [0.2, 0.25) is 5.91 Å². The normalized spacial score (nSPS) is 11.5. The summed E-state index contributed by atoms with van der Waals surface area (Å²) in [6, 6.07) is 21.3. The zero-order valence-electron chi connectivity index (χ0n) is 17.8. The van der Waals surface area contributed by atoms with Gasteiger partial charge in [-0.2, -0.15) is 0 Å². The Kier molecular flexibility index (Phi) is 6.05. The minimum atomic E-state index is -0.338. The van der Waals surface area contributed by atoms with Crippen LogP contribution in [0.3, 0.4) is 0 Å². The molecular weight excluding hydrogens is 472 g/mol. The quantitative estimate of drug-likeness (QED) is 0.257. The second-order valence-electron chi connectivity index (χ2n) is 7.79. The summed E-state index contributed by atoms with van der Waals surface area (Å²) in [5.41, 5.74) is 4.49. The molecule has 0 saturated heterocycles. The zero-order chi connectivity index (χ0) is 23.7. The van der Waals surface area contributed by atoms with Crippen LogP contribution in [0, 0.1) is 5.82 Å². The van der Waals surface area contributed by atoms with Gasteiger partial charge < -0.3 is 10.3 Å². The number of carbonyl (C=O) groups excluding carboxylic acids is 1. The number of pyridine rings is 1. The van der Waals surface area contributed by atoms with E-state index in [1.165, 1.54) is 18.2 Å². The largest absolute Gasteiger partial charge is 0.353 e. The number of nitrogens with one attached hydrogen (secondary N) is 2. The van der Waals surface area contributed by atoms with Crippen molar-refractivity contribution in [3.63, 3.8) is 0 Å². The summed E-state index contributed by atoms with van der Waals surface area (Å²) in [5, 5.41) is 5.73. The van der Waals surface area contributed by atoms with E-state index in [-0.39, 0.29) is 18.3 Å². The zero-order valence-corrected chi connectivity index (χ0v) is 19.3. The van der Waals surface area contributed by atoms with Gasteiger partial charge in [-0.05, 0) is 48.0 Å². The molecule has 0 atom stereocenters. The molecule has 3 aromatic carbocycles. The van der Waals surface area contributed by atoms with E-state index in [0.717, 1.165) is 27.4 Å². The monoisotopic (exact) mass is 489 g/mol. The second-order valence-corrected chi connectivity index (χ2v) is 8.60. The first-order chi connectivity index (χ1) is 16.5. The maximum atomic E-state index is 14.0. The lowest BCUT2D eigenvalue weighted by Crippen LogP contribution is -2.21. The van der Waals surface area contributed by atoms with Crippen molar-refractivity contribution < 1.29 is 9.18 Å². The lowest BCUT2D eigenvalue weighted by atomic mass is 10.1. The number of para-hydroxylation sites is 1. The number of hydrogen-bond acceptors (Lipinski definition) is 2. The van der Waals surface area contributed by atoms with Crippen LogP contribution in [0.2, 0.25) is 10.0 Å². The molecule has 0 radical (unpaired) electrons. The lowest BCUT2D eigenvalue weighted by Gasteiger charge is -2.08. The molecule has 0 saturated carbocycles. The molecule has 2 aromatic heterocycles. The Morgan fingerprint density at radius 3 is 2.65 bits per heavy atom. The van der Waals surface area contributed by atoms with E-state index in [1.54, 1.807) is 30.3 Å². The molecule has 2 heterocycles. The van der Waals surface area contributed by atoms with E-state index in [0.29, 0.717) is 27.0 Å². The molecule has 0 aliphatic rings. The van der Waals surface area contributed by atoms with Gasteiger partial charge in [0.25, 0.3) is 0 Å². The number of H-pyrrole nitrogens is 1. The van der Waals surface area contributed by atoms with Crippen molar-refractivity contribution in [2.24, 2.45) is 0 Å². The van der Waals surface area contributed by atoms with Crippen molar-refractivity contribution in [2.45, 2.75) is 6.54 Å². The molecule has 0 aliphatic carbocycles. The van der Waals surface area contributed by atoms with E-state index in [4.69, 9.17) is 28.2 Å². The summed E-state index contributed by atoms with van der Waals surface area (Å²) in [6.45, 7) is 0.211. The number of nitrogens with zero attached hydrogens (tertiary/aromatic N) is 1. The van der Waals surface area contributed by atoms with Crippen LogP contribution in [0.4, 0.5) is 4.39 Å². The summed E-state index contributed by atoms with van der Waals surface area (Å²) in [4.78, 5) is 20.6. The molecule has 2 N–H and O–H groups in total. The van der Waals surface area contributed by atoms with Crippen LogP contribution in [-0.2, 0) is 11.3 Å². The van der Waals surface area contributed by atoms with Gasteiger partial charge in [-0.1, -0.05) is 59.6 Å². The SMILES string of the molecule is O=C(/C=C/c1ccc(Cl)c(Cl)c1)NCc1cc2c([nH]c3ccccc32)c(-c2cccc(F)c2)n1. The third-order valence-corrected chi connectivity index (χ3v) is 6.20. The smallest absolute Gasteiger partial charge is 0.244 e. The summed E-state index contributed by atoms with van der Waals surface area (Å²) < 4.78 is 14.0. The minimum absolute atomic E-state index is 0.211. The van der Waals surface area contributed by atoms with Crippen LogP contribution >= 0.6 is 23.2 Å². The van der Waals surface area contributed by atoms with Gasteiger partial charge in [0, 0.05) is 27.9 Å². The van der Waals surface area contributed by atoms with Crippen LogP contribution in [-0.4, -0.2) is 15.9 Å². The van der Waals surface area contributed by atoms with E-state index in [9.17, 15) is 9.18 Å². The average molecular weight is 490 g/mol. The number of benzene rings is 3. The Balaban J connectivity index is 1.46. The van der Waals surface area contributed by atoms with Gasteiger partial charge in [-0.15, -0.1) is 0 Å². The average Bonchev–Trinajstić information content (AvgIpc) is 3.21. The number of aromatic amines is 1. The van der Waals surface area contributed by atoms with E-state index in [1.807, 2.05) is 36.4 Å². The highest BCUT2D eigenvalue weighted by Crippen LogP contribution is 2.33. The van der Waals surface area contributed by atoms with Crippen LogP contribution in [0.5, 0.6) is 0 Å². The highest BCUT2D eigenvalue weighted by Gasteiger charge is 2.14. The number of carbonyl (C=O) groups is 1. The Morgan fingerprint density at radius 1 is 0.971 bits per heavy atom. The fourth-order valence-corrected chi connectivity index (χ4v) is 4.17. The molecule has 0 bridgehead atoms. The predicted octanol–water partition coefficient (Wildman–Crippen LogP) is 7.16. The first-order valence-electron chi connectivity index (χ1n) is 10.6. The van der Waals surface area contributed by atoms with Crippen molar-refractivity contribution in [1.82, 2.24) is 15.3 Å². The summed E-state index contributed by atoms with van der Waals surface area (Å²) in [7, 11) is 0. The predicted molar refractivity (Wildman–Crippen MR) is 136 cm³/mol. The second kappa shape index (κ2) is 9.29. The van der Waals surface area contributed by atoms with Crippen LogP contribution in [0.25, 0.3) is 39.1 Å². The molecule has 1 amide bonds. The third-order valence-electron chi connectivity index (χ3n) is 5.46. The lowest BCUT2D eigenvalue weighted by molar-refractivity contribution is -0.116. The van der Waals surface area contributed by atoms with Gasteiger partial charge in [-0.3, -0.25) is 4.79 Å². The van der Waals surface area contributed by atoms with E-state index >= 15 is 0 Å². The Hall–Kier alpha value is -3.67. The van der Waals surface area contributed by atoms with Gasteiger partial charge >= 0.3 is 0 Å². The number of aromatic nitrogens is 2. The Labute approximate surface area is 205 Å². The molecule has 7 heteroatoms. The highest BCUT2D eigenvalue weighted by atomic mass is 35.5. The molecule has 0 spiro atoms. The number of amides is 1. The summed E-state index contributed by atoms with van der Waals surface area (Å²) in [5.74, 6) is -0.617. The Morgan fingerprint density at radius 2 is 1.82 bits per heavy atom. The molecule has 0 aliphatic heterocycles. The number of fused-ring (bicyclic) bond motifs is 3. The third kappa shape index (κ3) is 4.53. The standard InChI is InChI=1S/C27H18Cl2FN3O/c28-22-10-8-16(12-23(22)29)9-11-25(34)31-15-19-14-21-20-6-1-2-7-24(20)33-27(21)26(32-19)17-4-3-5-18(30)13-17/h1-14,33H,15H2,(H,31,34)/b11-9+. The summed E-state index contributed by atoms with van der Waals surface area (Å²) >= 11 is 12.0. The fraction of sp³-hybridized carbons (Fsp3) is 0.0370. The molecule has 4 nitrogen and oxygen atoms in total. The van der Waals surface area contributed by atoms with E-state index < -0.39 is 0 Å². The number of halogens is 3. The van der Waals surface area contributed by atoms with Crippen molar-refractivity contribution in [3.05, 3.63) is 106 Å². The number of rotatable bonds is 5. The molecule has 5 rings (SSSR count). The van der Waals surface area contributed by atoms with Crippen molar-refractivity contribution in [1.29, 1.82) is 0 Å². The van der Waals surface area contributed by atoms with Crippen molar-refractivity contribution in [3.8, 4) is 11.3 Å². The molecule has 5 aromatic rings. The maximum Gasteiger partial charge on any atom is 0.244 e. The molecule has 168 valence electrons. The van der Waals surface area contributed by atoms with Crippen molar-refractivity contribution >= 4 is 57.0 Å². The van der Waals surface area contributed by atoms with Crippen LogP contribution in [0.15, 0.2) is 78.9 Å². The molecule has 0 unspecified atom stereocenters. The topological polar surface area (TPSA) is 57.8 Å². The first-order valence-corrected chi connectivity index (χ1v) is 11.3. The molecule has 0 fully saturated rings. The van der Waals surface area contributed by atoms with Crippen LogP contribution < -0.4 is 5.32 Å². The highest BCUT2D eigenvalue weighted by molar-refractivity contribution is 6.42. The van der Waals surface area contributed by atoms with Gasteiger partial charge in [0.05, 0.1) is 33.5 Å². The van der Waals surface area contributed by atoms with Gasteiger partial charge in [-0.25, -0.2) is 9.37 Å². The first kappa shape index (κ1) is 22.1. The van der Waals surface area contributed by atoms with Crippen molar-refractivity contribution in [2.75, 3.05) is 0 Å². The molecular formula is C27H18Cl2FN3O. The number of hydrogen-bond donors (Lipinski definition) is 2.